The number of aryl methyl sites for hydroxylation is 1. The average molecular weight is 357 g/mol. The summed E-state index contributed by atoms with van der Waals surface area (Å²) in [5.74, 6) is 0.223. The lowest BCUT2D eigenvalue weighted by molar-refractivity contribution is -0.134. The fraction of sp³-hybridized carbons (Fsp3) is 0.600. The number of carbonyl (C=O) groups is 1. The van der Waals surface area contributed by atoms with Crippen molar-refractivity contribution in [2.45, 2.75) is 50.9 Å². The summed E-state index contributed by atoms with van der Waals surface area (Å²) in [5, 5.41) is 0. The monoisotopic (exact) mass is 357 g/mol. The lowest BCUT2D eigenvalue weighted by atomic mass is 10.1. The number of benzene rings is 1. The average Bonchev–Trinajstić information content (AvgIpc) is 3.35. The van der Waals surface area contributed by atoms with Gasteiger partial charge in [0.2, 0.25) is 5.91 Å². The number of hydrogen-bond donors (Lipinski definition) is 0. The molecule has 1 unspecified atom stereocenters. The molecule has 6 heteroatoms. The Morgan fingerprint density at radius 1 is 1.23 bits per heavy atom. The summed E-state index contributed by atoms with van der Waals surface area (Å²) in [6.07, 6.45) is 6.98. The molecule has 1 aromatic carbocycles. The molecule has 0 bridgehead atoms. The van der Waals surface area contributed by atoms with Crippen molar-refractivity contribution in [3.63, 3.8) is 0 Å². The van der Waals surface area contributed by atoms with Crippen LogP contribution in [-0.4, -0.2) is 58.9 Å². The van der Waals surface area contributed by atoms with Crippen molar-refractivity contribution in [1.29, 1.82) is 0 Å². The number of nitrogens with zero attached hydrogens (tertiary/aromatic N) is 3. The van der Waals surface area contributed by atoms with Crippen LogP contribution >= 0.6 is 0 Å². The molecular formula is C20H27N3O3. The van der Waals surface area contributed by atoms with Gasteiger partial charge in [-0.05, 0) is 37.8 Å². The SMILES string of the molecule is O=C(CCn1cnc2ccccc21)N1CCC(OCC2CCCO2)CC1. The lowest BCUT2D eigenvalue weighted by Crippen LogP contribution is -2.41. The third-order valence-electron chi connectivity index (χ3n) is 5.43. The van der Waals surface area contributed by atoms with E-state index in [0.717, 1.165) is 56.4 Å². The van der Waals surface area contributed by atoms with Gasteiger partial charge < -0.3 is 18.9 Å². The van der Waals surface area contributed by atoms with Crippen molar-refractivity contribution in [2.24, 2.45) is 0 Å². The molecule has 0 saturated carbocycles. The first-order valence-electron chi connectivity index (χ1n) is 9.70. The minimum absolute atomic E-state index is 0.223. The zero-order valence-corrected chi connectivity index (χ0v) is 15.2. The number of likely N-dealkylation sites (tertiary alicyclic amines) is 1. The summed E-state index contributed by atoms with van der Waals surface area (Å²) in [5.41, 5.74) is 2.06. The van der Waals surface area contributed by atoms with Gasteiger partial charge in [0.1, 0.15) is 0 Å². The van der Waals surface area contributed by atoms with Crippen LogP contribution in [0.5, 0.6) is 0 Å². The fourth-order valence-corrected chi connectivity index (χ4v) is 3.85. The largest absolute Gasteiger partial charge is 0.376 e. The number of aromatic nitrogens is 2. The van der Waals surface area contributed by atoms with Gasteiger partial charge in [0.05, 0.1) is 36.2 Å². The van der Waals surface area contributed by atoms with Crippen molar-refractivity contribution in [3.05, 3.63) is 30.6 Å². The number of fused-ring (bicyclic) bond motifs is 1. The molecule has 2 aliphatic rings. The molecule has 2 saturated heterocycles. The second-order valence-electron chi connectivity index (χ2n) is 7.23. The van der Waals surface area contributed by atoms with Crippen molar-refractivity contribution < 1.29 is 14.3 Å². The molecule has 0 spiro atoms. The van der Waals surface area contributed by atoms with Crippen LogP contribution < -0.4 is 0 Å². The minimum Gasteiger partial charge on any atom is -0.376 e. The van der Waals surface area contributed by atoms with E-state index in [-0.39, 0.29) is 18.1 Å². The molecule has 0 radical (unpaired) electrons. The van der Waals surface area contributed by atoms with Crippen LogP contribution in [0.2, 0.25) is 0 Å². The third kappa shape index (κ3) is 4.07. The number of carbonyl (C=O) groups excluding carboxylic acids is 1. The highest BCUT2D eigenvalue weighted by Crippen LogP contribution is 2.19. The van der Waals surface area contributed by atoms with Gasteiger partial charge in [-0.3, -0.25) is 4.79 Å². The maximum absolute atomic E-state index is 12.5. The molecule has 1 aromatic heterocycles. The first-order chi connectivity index (χ1) is 12.8. The summed E-state index contributed by atoms with van der Waals surface area (Å²) in [6.45, 7) is 3.83. The predicted molar refractivity (Wildman–Crippen MR) is 98.9 cm³/mol. The second-order valence-corrected chi connectivity index (χ2v) is 7.23. The number of hydrogen-bond acceptors (Lipinski definition) is 4. The van der Waals surface area contributed by atoms with Crippen LogP contribution in [0, 0.1) is 0 Å². The molecule has 4 rings (SSSR count). The Bertz CT molecular complexity index is 731. The number of amides is 1. The van der Waals surface area contributed by atoms with E-state index in [1.807, 2.05) is 35.5 Å². The summed E-state index contributed by atoms with van der Waals surface area (Å²) in [6, 6.07) is 8.03. The first-order valence-corrected chi connectivity index (χ1v) is 9.70. The highest BCUT2D eigenvalue weighted by Gasteiger charge is 2.24. The quantitative estimate of drug-likeness (QED) is 0.797. The highest BCUT2D eigenvalue weighted by molar-refractivity contribution is 5.77. The van der Waals surface area contributed by atoms with E-state index < -0.39 is 0 Å². The molecule has 140 valence electrons. The highest BCUT2D eigenvalue weighted by atomic mass is 16.5. The summed E-state index contributed by atoms with van der Waals surface area (Å²) in [7, 11) is 0. The van der Waals surface area contributed by atoms with Gasteiger partial charge in [0, 0.05) is 32.7 Å². The standard InChI is InChI=1S/C20H27N3O3/c24-20(9-12-23-15-21-18-5-1-2-6-19(18)23)22-10-7-16(8-11-22)26-14-17-4-3-13-25-17/h1-2,5-6,15-17H,3-4,7-14H2. The van der Waals surface area contributed by atoms with E-state index in [9.17, 15) is 4.79 Å². The Hall–Kier alpha value is -1.92. The van der Waals surface area contributed by atoms with Crippen LogP contribution in [0.1, 0.15) is 32.1 Å². The Balaban J connectivity index is 1.21. The van der Waals surface area contributed by atoms with Crippen LogP contribution in [0.15, 0.2) is 30.6 Å². The maximum atomic E-state index is 12.5. The van der Waals surface area contributed by atoms with Gasteiger partial charge in [-0.2, -0.15) is 0 Å². The van der Waals surface area contributed by atoms with E-state index in [4.69, 9.17) is 9.47 Å². The molecule has 2 aromatic rings. The molecule has 0 N–H and O–H groups in total. The van der Waals surface area contributed by atoms with Crippen LogP contribution in [0.3, 0.4) is 0 Å². The van der Waals surface area contributed by atoms with E-state index >= 15 is 0 Å². The Labute approximate surface area is 154 Å². The van der Waals surface area contributed by atoms with E-state index in [0.29, 0.717) is 19.6 Å². The van der Waals surface area contributed by atoms with Crippen molar-refractivity contribution in [2.75, 3.05) is 26.3 Å². The molecule has 6 nitrogen and oxygen atoms in total. The van der Waals surface area contributed by atoms with E-state index in [1.54, 1.807) is 0 Å². The number of para-hydroxylation sites is 2. The second kappa shape index (κ2) is 8.18. The molecule has 2 fully saturated rings. The Kier molecular flexibility index (Phi) is 5.51. The molecule has 26 heavy (non-hydrogen) atoms. The molecule has 1 amide bonds. The van der Waals surface area contributed by atoms with Gasteiger partial charge >= 0.3 is 0 Å². The van der Waals surface area contributed by atoms with Gasteiger partial charge in [-0.15, -0.1) is 0 Å². The van der Waals surface area contributed by atoms with Gasteiger partial charge in [-0.1, -0.05) is 12.1 Å². The topological polar surface area (TPSA) is 56.6 Å². The lowest BCUT2D eigenvalue weighted by Gasteiger charge is -2.32. The molecular weight excluding hydrogens is 330 g/mol. The normalized spacial score (nSPS) is 21.5. The minimum atomic E-state index is 0.223. The Morgan fingerprint density at radius 2 is 2.08 bits per heavy atom. The number of ether oxygens (including phenoxy) is 2. The molecule has 2 aliphatic heterocycles. The first kappa shape index (κ1) is 17.5. The van der Waals surface area contributed by atoms with E-state index in [1.165, 1.54) is 0 Å². The number of piperidine rings is 1. The predicted octanol–water partition coefficient (Wildman–Crippen LogP) is 2.61. The number of rotatable bonds is 6. The summed E-state index contributed by atoms with van der Waals surface area (Å²) >= 11 is 0. The van der Waals surface area contributed by atoms with Crippen molar-refractivity contribution in [3.8, 4) is 0 Å². The van der Waals surface area contributed by atoms with Crippen molar-refractivity contribution >= 4 is 16.9 Å². The van der Waals surface area contributed by atoms with Gasteiger partial charge in [0.25, 0.3) is 0 Å². The van der Waals surface area contributed by atoms with Crippen LogP contribution in [0.25, 0.3) is 11.0 Å². The van der Waals surface area contributed by atoms with Crippen molar-refractivity contribution in [1.82, 2.24) is 14.5 Å². The van der Waals surface area contributed by atoms with E-state index in [2.05, 4.69) is 9.55 Å². The fourth-order valence-electron chi connectivity index (χ4n) is 3.85. The summed E-state index contributed by atoms with van der Waals surface area (Å²) < 4.78 is 13.7. The van der Waals surface area contributed by atoms with Crippen LogP contribution in [-0.2, 0) is 20.8 Å². The maximum Gasteiger partial charge on any atom is 0.224 e. The number of imidazole rings is 1. The summed E-state index contributed by atoms with van der Waals surface area (Å²) in [4.78, 5) is 18.9. The molecule has 3 heterocycles. The molecule has 1 atom stereocenters. The third-order valence-corrected chi connectivity index (χ3v) is 5.43. The van der Waals surface area contributed by atoms with Crippen LogP contribution in [0.4, 0.5) is 0 Å². The van der Waals surface area contributed by atoms with Gasteiger partial charge in [0.15, 0.2) is 0 Å². The smallest absolute Gasteiger partial charge is 0.224 e. The molecule has 0 aliphatic carbocycles. The zero-order chi connectivity index (χ0) is 17.8. The van der Waals surface area contributed by atoms with Gasteiger partial charge in [-0.25, -0.2) is 4.98 Å². The Morgan fingerprint density at radius 3 is 2.88 bits per heavy atom. The zero-order valence-electron chi connectivity index (χ0n) is 15.2.